The first-order valence-electron chi connectivity index (χ1n) is 8.72. The highest BCUT2D eigenvalue weighted by atomic mass is 35.5. The number of aryl methyl sites for hydroxylation is 1. The summed E-state index contributed by atoms with van der Waals surface area (Å²) in [6.07, 6.45) is 4.65. The highest BCUT2D eigenvalue weighted by Crippen LogP contribution is 2.28. The highest BCUT2D eigenvalue weighted by molar-refractivity contribution is 6.34. The molecule has 25 heavy (non-hydrogen) atoms. The molecule has 0 saturated heterocycles. The van der Waals surface area contributed by atoms with Gasteiger partial charge in [0.05, 0.1) is 17.1 Å². The molecule has 2 aromatic carbocycles. The minimum Gasteiger partial charge on any atom is -0.326 e. The molecule has 2 aromatic rings. The first-order valence-corrected chi connectivity index (χ1v) is 9.10. The van der Waals surface area contributed by atoms with Gasteiger partial charge in [-0.05, 0) is 55.0 Å². The Morgan fingerprint density at radius 3 is 2.80 bits per heavy atom. The lowest BCUT2D eigenvalue weighted by Crippen LogP contribution is -2.38. The van der Waals surface area contributed by atoms with Crippen LogP contribution < -0.4 is 5.32 Å². The van der Waals surface area contributed by atoms with Crippen LogP contribution in [0.4, 0.5) is 5.69 Å². The number of aliphatic imine (C=N–C) groups is 1. The van der Waals surface area contributed by atoms with E-state index in [2.05, 4.69) is 28.5 Å². The van der Waals surface area contributed by atoms with Gasteiger partial charge in [0, 0.05) is 12.2 Å². The Morgan fingerprint density at radius 2 is 1.92 bits per heavy atom. The van der Waals surface area contributed by atoms with Crippen LogP contribution in [0.15, 0.2) is 47.5 Å². The quantitative estimate of drug-likeness (QED) is 0.881. The van der Waals surface area contributed by atoms with Crippen LogP contribution in [-0.2, 0) is 12.8 Å². The molecule has 0 bridgehead atoms. The van der Waals surface area contributed by atoms with E-state index in [1.807, 2.05) is 12.1 Å². The molecule has 1 amide bonds. The van der Waals surface area contributed by atoms with E-state index >= 15 is 0 Å². The molecule has 0 radical (unpaired) electrons. The average molecular weight is 354 g/mol. The monoisotopic (exact) mass is 353 g/mol. The van der Waals surface area contributed by atoms with Crippen LogP contribution in [0.5, 0.6) is 0 Å². The number of fused-ring (bicyclic) bond motifs is 1. The zero-order valence-corrected chi connectivity index (χ0v) is 14.7. The standard InChI is InChI=1S/C20H20ClN3O/c21-17-10-4-3-9-16(17)19(25)24-13-12-22-20(24)23-18-11-5-7-14-6-1-2-8-15(14)18/h3-5,7,9-11H,1-2,6,8,12-13H2,(H,22,23). The summed E-state index contributed by atoms with van der Waals surface area (Å²) in [6, 6.07) is 13.5. The SMILES string of the molecule is O=C(c1ccccc1Cl)N1CCN=C1Nc1cccc2c1CCCC2. The van der Waals surface area contributed by atoms with E-state index in [0.29, 0.717) is 29.6 Å². The maximum absolute atomic E-state index is 12.9. The van der Waals surface area contributed by atoms with Crippen molar-refractivity contribution in [3.63, 3.8) is 0 Å². The second-order valence-corrected chi connectivity index (χ2v) is 6.82. The summed E-state index contributed by atoms with van der Waals surface area (Å²) in [4.78, 5) is 19.1. The van der Waals surface area contributed by atoms with Gasteiger partial charge in [-0.1, -0.05) is 35.9 Å². The van der Waals surface area contributed by atoms with Crippen molar-refractivity contribution in [2.75, 3.05) is 18.4 Å². The lowest BCUT2D eigenvalue weighted by molar-refractivity contribution is 0.0858. The van der Waals surface area contributed by atoms with Gasteiger partial charge < -0.3 is 5.32 Å². The molecule has 0 aromatic heterocycles. The number of benzene rings is 2. The highest BCUT2D eigenvalue weighted by Gasteiger charge is 2.27. The number of hydrogen-bond acceptors (Lipinski definition) is 3. The number of amides is 1. The Labute approximate surface area is 152 Å². The summed E-state index contributed by atoms with van der Waals surface area (Å²) in [7, 11) is 0. The van der Waals surface area contributed by atoms with Crippen molar-refractivity contribution in [2.24, 2.45) is 4.99 Å². The van der Waals surface area contributed by atoms with E-state index in [9.17, 15) is 4.79 Å². The summed E-state index contributed by atoms with van der Waals surface area (Å²) in [5, 5.41) is 3.87. The second-order valence-electron chi connectivity index (χ2n) is 6.42. The summed E-state index contributed by atoms with van der Waals surface area (Å²) in [5.74, 6) is 0.503. The first-order chi connectivity index (χ1) is 12.2. The van der Waals surface area contributed by atoms with Crippen LogP contribution in [0.3, 0.4) is 0 Å². The lowest BCUT2D eigenvalue weighted by Gasteiger charge is -2.23. The molecule has 0 fully saturated rings. The van der Waals surface area contributed by atoms with Crippen molar-refractivity contribution < 1.29 is 4.79 Å². The molecule has 5 heteroatoms. The predicted molar refractivity (Wildman–Crippen MR) is 101 cm³/mol. The van der Waals surface area contributed by atoms with Crippen LogP contribution in [0, 0.1) is 0 Å². The largest absolute Gasteiger partial charge is 0.326 e. The maximum atomic E-state index is 12.9. The Bertz CT molecular complexity index is 847. The van der Waals surface area contributed by atoms with Gasteiger partial charge in [0.15, 0.2) is 0 Å². The number of carbonyl (C=O) groups is 1. The molecular weight excluding hydrogens is 334 g/mol. The van der Waals surface area contributed by atoms with Crippen LogP contribution in [0.1, 0.15) is 34.3 Å². The number of halogens is 1. The summed E-state index contributed by atoms with van der Waals surface area (Å²) in [6.45, 7) is 1.18. The maximum Gasteiger partial charge on any atom is 0.262 e. The van der Waals surface area contributed by atoms with E-state index in [0.717, 1.165) is 18.5 Å². The zero-order valence-electron chi connectivity index (χ0n) is 14.0. The van der Waals surface area contributed by atoms with Gasteiger partial charge in [-0.15, -0.1) is 0 Å². The molecule has 2 aliphatic rings. The molecule has 128 valence electrons. The van der Waals surface area contributed by atoms with E-state index in [4.69, 9.17) is 11.6 Å². The molecule has 1 heterocycles. The molecule has 1 N–H and O–H groups in total. The average Bonchev–Trinajstić information content (AvgIpc) is 3.10. The van der Waals surface area contributed by atoms with E-state index in [-0.39, 0.29) is 5.91 Å². The topological polar surface area (TPSA) is 44.7 Å². The molecule has 0 saturated carbocycles. The lowest BCUT2D eigenvalue weighted by atomic mass is 9.90. The van der Waals surface area contributed by atoms with Crippen molar-refractivity contribution in [3.8, 4) is 0 Å². The predicted octanol–water partition coefficient (Wildman–Crippen LogP) is 4.14. The Balaban J connectivity index is 1.59. The van der Waals surface area contributed by atoms with Crippen LogP contribution in [-0.4, -0.2) is 29.9 Å². The fourth-order valence-electron chi connectivity index (χ4n) is 3.55. The van der Waals surface area contributed by atoms with E-state index < -0.39 is 0 Å². The van der Waals surface area contributed by atoms with E-state index in [1.165, 1.54) is 24.0 Å². The van der Waals surface area contributed by atoms with Crippen LogP contribution >= 0.6 is 11.6 Å². The Hall–Kier alpha value is -2.33. The number of guanidine groups is 1. The third kappa shape index (κ3) is 3.14. The Kier molecular flexibility index (Phi) is 4.45. The van der Waals surface area contributed by atoms with Crippen molar-refractivity contribution >= 4 is 29.2 Å². The van der Waals surface area contributed by atoms with Crippen molar-refractivity contribution in [1.82, 2.24) is 4.90 Å². The van der Waals surface area contributed by atoms with Gasteiger partial charge in [-0.25, -0.2) is 0 Å². The molecule has 1 aliphatic heterocycles. The fourth-order valence-corrected chi connectivity index (χ4v) is 3.77. The zero-order chi connectivity index (χ0) is 17.2. The molecule has 0 spiro atoms. The number of rotatable bonds is 2. The normalized spacial score (nSPS) is 16.4. The van der Waals surface area contributed by atoms with Gasteiger partial charge in [0.25, 0.3) is 5.91 Å². The number of carbonyl (C=O) groups excluding carboxylic acids is 1. The van der Waals surface area contributed by atoms with E-state index in [1.54, 1.807) is 17.0 Å². The van der Waals surface area contributed by atoms with Gasteiger partial charge in [-0.2, -0.15) is 0 Å². The van der Waals surface area contributed by atoms with Crippen LogP contribution in [0.2, 0.25) is 5.02 Å². The number of hydrogen-bond donors (Lipinski definition) is 1. The van der Waals surface area contributed by atoms with Crippen molar-refractivity contribution in [2.45, 2.75) is 25.7 Å². The smallest absolute Gasteiger partial charge is 0.262 e. The van der Waals surface area contributed by atoms with Crippen molar-refractivity contribution in [3.05, 3.63) is 64.2 Å². The molecular formula is C20H20ClN3O. The summed E-state index contributed by atoms with van der Waals surface area (Å²) >= 11 is 6.19. The molecule has 4 nitrogen and oxygen atoms in total. The molecule has 1 aliphatic carbocycles. The summed E-state index contributed by atoms with van der Waals surface area (Å²) in [5.41, 5.74) is 4.33. The minimum atomic E-state index is -0.112. The van der Waals surface area contributed by atoms with Gasteiger partial charge >= 0.3 is 0 Å². The fraction of sp³-hybridized carbons (Fsp3) is 0.300. The second kappa shape index (κ2) is 6.89. The first kappa shape index (κ1) is 16.2. The van der Waals surface area contributed by atoms with Gasteiger partial charge in [0.2, 0.25) is 5.96 Å². The van der Waals surface area contributed by atoms with Gasteiger partial charge in [0.1, 0.15) is 0 Å². The summed E-state index contributed by atoms with van der Waals surface area (Å²) < 4.78 is 0. The number of anilines is 1. The third-order valence-electron chi connectivity index (χ3n) is 4.83. The number of nitrogens with one attached hydrogen (secondary N) is 1. The molecule has 4 rings (SSSR count). The number of nitrogens with zero attached hydrogens (tertiary/aromatic N) is 2. The van der Waals surface area contributed by atoms with Crippen LogP contribution in [0.25, 0.3) is 0 Å². The van der Waals surface area contributed by atoms with Crippen molar-refractivity contribution in [1.29, 1.82) is 0 Å². The molecule has 0 atom stereocenters. The van der Waals surface area contributed by atoms with Gasteiger partial charge in [-0.3, -0.25) is 14.7 Å². The minimum absolute atomic E-state index is 0.112. The Morgan fingerprint density at radius 1 is 1.08 bits per heavy atom. The third-order valence-corrected chi connectivity index (χ3v) is 5.16. The molecule has 0 unspecified atom stereocenters.